The highest BCUT2D eigenvalue weighted by Crippen LogP contribution is 2.44. The Morgan fingerprint density at radius 3 is 0.917 bits per heavy atom. The van der Waals surface area contributed by atoms with E-state index in [1.807, 2.05) is 0 Å². The summed E-state index contributed by atoms with van der Waals surface area (Å²) in [6.45, 7) is 5.93. The van der Waals surface area contributed by atoms with Crippen LogP contribution in [0.5, 0.6) is 0 Å². The molecule has 0 aromatic carbocycles. The summed E-state index contributed by atoms with van der Waals surface area (Å²) < 4.78 is 141. The number of hydrogen-bond donors (Lipinski definition) is 30. The van der Waals surface area contributed by atoms with Crippen LogP contribution in [0.4, 0.5) is 0 Å². The molecule has 2 saturated carbocycles. The van der Waals surface area contributed by atoms with E-state index in [0.29, 0.717) is 77.3 Å². The van der Waals surface area contributed by atoms with Crippen LogP contribution in [0.15, 0.2) is 0 Å². The predicted molar refractivity (Wildman–Crippen MR) is 441 cm³/mol. The van der Waals surface area contributed by atoms with Gasteiger partial charge in [-0.05, 0) is 142 Å². The quantitative estimate of drug-likeness (QED) is 0.0199. The molecule has 7 rings (SSSR count). The highest BCUT2D eigenvalue weighted by atomic mass is 32.2. The van der Waals surface area contributed by atoms with Crippen molar-refractivity contribution in [2.45, 2.75) is 206 Å². The van der Waals surface area contributed by atoms with E-state index in [1.54, 1.807) is 27.7 Å². The van der Waals surface area contributed by atoms with E-state index in [-0.39, 0.29) is 160 Å². The average molecular weight is 1830 g/mol. The lowest BCUT2D eigenvalue weighted by Crippen LogP contribution is -2.57. The van der Waals surface area contributed by atoms with Gasteiger partial charge in [-0.2, -0.15) is 73.1 Å². The Labute approximate surface area is 703 Å². The third-order valence-corrected chi connectivity index (χ3v) is 30.3. The van der Waals surface area contributed by atoms with Gasteiger partial charge in [0.2, 0.25) is 0 Å². The van der Waals surface area contributed by atoms with Crippen LogP contribution in [-0.2, 0) is 75.0 Å². The van der Waals surface area contributed by atoms with Gasteiger partial charge < -0.3 is 133 Å². The van der Waals surface area contributed by atoms with Gasteiger partial charge >= 0.3 is 65.4 Å². The fourth-order valence-corrected chi connectivity index (χ4v) is 21.8. The molecular weight excluding hydrogens is 1700 g/mol. The maximum absolute atomic E-state index is 12.5. The molecule has 2 aliphatic carbocycles. The van der Waals surface area contributed by atoms with Gasteiger partial charge in [-0.15, -0.1) is 0 Å². The van der Waals surface area contributed by atoms with Crippen molar-refractivity contribution in [1.29, 1.82) is 0 Å². The molecule has 50 nitrogen and oxygen atoms in total. The van der Waals surface area contributed by atoms with E-state index in [4.69, 9.17) is 108 Å². The van der Waals surface area contributed by atoms with Gasteiger partial charge in [-0.3, -0.25) is 24.0 Å². The van der Waals surface area contributed by atoms with Crippen molar-refractivity contribution in [2.24, 2.45) is 92.3 Å². The SMILES string of the molecule is CC(C)(CN)NS(=O)(=O)N1C[C@H](CCCB(O)O)[C@](N)(C(=O)O)C1.CC(C)(N)CNS(=O)(=O)N1C[C@H](CCCB(O)O)[C@](N)(C(=O)O)C1.NC1CC(NS(=O)(=O)N2C[C@H](CCCB(O)O)[C@](N)(C(=O)O)C2)C1.NCC1(CNS(=O)(=O)N2C[C@H](CCCB(O)O)[C@](N)(C(=O)O)C2)CC1.NCCCNS(=O)(=O)N1C[C@H](CCCB(O)O)[C@](N)(C(=O)O)C1. The monoisotopic (exact) mass is 1830 g/mol. The maximum Gasteiger partial charge on any atom is 0.451 e. The van der Waals surface area contributed by atoms with Gasteiger partial charge in [0, 0.05) is 144 Å². The predicted octanol–water partition coefficient (Wildman–Crippen LogP) is -13.0. The smallest absolute Gasteiger partial charge is 0.451 e. The zero-order valence-corrected chi connectivity index (χ0v) is 72.3. The van der Waals surface area contributed by atoms with Crippen LogP contribution in [-0.4, -0.2) is 360 Å². The lowest BCUT2D eigenvalue weighted by Gasteiger charge is -2.34. The standard InChI is InChI=1S/C13H27BN4O6S.C12H25BN4O6S.2C12H27BN4O6S.C11H25BN4O6S/c15-7-12(3-4-12)8-17-25(23,24)18-6-10(2-1-5-14(21)22)13(16,9-18)11(19)20;14-9-4-10(5-9)16-24(22,23)17-6-8(2-1-3-13(20)21)12(15,7-17)11(18)19;1-11(2,14)7-16-24(22,23)17-6-9(4-3-5-13(20)21)12(15,8-17)10(18)19;1-11(2,7-14)16-24(22,23)17-6-9(4-3-5-13(20)21)12(15,8-17)10(18)19;13-5-2-6-15-23(21,22)16-7-9(3-1-4-12(19)20)11(14,8-16)10(17)18/h10,17,21-22H,1-9,15-16H2,(H,19,20);8-10,16,20-21H,1-7,14-15H2,(H,18,19);2*9,16,20-21H,3-8,14-15H2,1-2H3,(H,18,19);9,15,19-20H,1-8,13-14H2,(H,17,18)/t10-,13-;8-,9?,10?,12-;2*9-,12-;9-,11-/m00000/s1. The van der Waals surface area contributed by atoms with Crippen molar-refractivity contribution >= 4 is 116 Å². The fraction of sp³-hybridized carbons (Fsp3) is 0.917. The van der Waals surface area contributed by atoms with Crippen molar-refractivity contribution in [3.05, 3.63) is 0 Å². The van der Waals surface area contributed by atoms with Gasteiger partial charge in [0.1, 0.15) is 27.7 Å². The Bertz CT molecular complexity index is 3920. The van der Waals surface area contributed by atoms with Crippen LogP contribution in [0.2, 0.25) is 31.6 Å². The molecule has 5 heterocycles. The molecule has 0 spiro atoms. The van der Waals surface area contributed by atoms with E-state index in [9.17, 15) is 91.6 Å². The number of nitrogens with two attached hydrogens (primary N) is 10. The van der Waals surface area contributed by atoms with Crippen LogP contribution < -0.4 is 80.9 Å². The van der Waals surface area contributed by atoms with Crippen LogP contribution in [0, 0.1) is 35.0 Å². The number of hydrogen-bond acceptors (Lipinski definition) is 35. The normalized spacial score (nSPS) is 28.1. The highest BCUT2D eigenvalue weighted by molar-refractivity contribution is 7.88. The summed E-state index contributed by atoms with van der Waals surface area (Å²) in [5, 5.41) is 136. The lowest BCUT2D eigenvalue weighted by molar-refractivity contribution is -0.145. The van der Waals surface area contributed by atoms with E-state index >= 15 is 0 Å². The molecule has 0 aromatic rings. The summed E-state index contributed by atoms with van der Waals surface area (Å²) in [5.74, 6) is -9.44. The minimum absolute atomic E-state index is 0.00214. The minimum atomic E-state index is -3.95. The molecule has 5 saturated heterocycles. The fourth-order valence-electron chi connectivity index (χ4n) is 14.3. The van der Waals surface area contributed by atoms with Gasteiger partial charge in [0.05, 0.1) is 0 Å². The second kappa shape index (κ2) is 45.8. The Hall–Kier alpha value is -3.78. The number of carbonyl (C=O) groups is 5. The van der Waals surface area contributed by atoms with Crippen LogP contribution >= 0.6 is 0 Å². The summed E-state index contributed by atoms with van der Waals surface area (Å²) in [6.07, 6.45) is 6.77. The number of nitrogens with zero attached hydrogens (tertiary/aromatic N) is 5. The number of aliphatic carboxylic acids is 5. The molecule has 0 bridgehead atoms. The van der Waals surface area contributed by atoms with Gasteiger partial charge in [-0.25, -0.2) is 14.2 Å². The molecule has 120 heavy (non-hydrogen) atoms. The molecule has 60 heteroatoms. The second-order valence-corrected chi connectivity index (χ2v) is 42.5. The minimum Gasteiger partial charge on any atom is -0.480 e. The first-order valence-corrected chi connectivity index (χ1v) is 46.4. The number of rotatable bonds is 46. The summed E-state index contributed by atoms with van der Waals surface area (Å²) in [4.78, 5) is 57.7. The van der Waals surface area contributed by atoms with E-state index < -0.39 is 185 Å². The zero-order chi connectivity index (χ0) is 92.2. The van der Waals surface area contributed by atoms with Crippen LogP contribution in [0.3, 0.4) is 0 Å². The first-order valence-electron chi connectivity index (χ1n) is 39.2. The molecule has 0 radical (unpaired) electrons. The Balaban J connectivity index is 0.000000388. The first-order chi connectivity index (χ1) is 54.8. The molecule has 5 aliphatic heterocycles. The van der Waals surface area contributed by atoms with Crippen molar-refractivity contribution in [3.63, 3.8) is 0 Å². The molecule has 10 atom stereocenters. The maximum atomic E-state index is 12.5. The van der Waals surface area contributed by atoms with Crippen molar-refractivity contribution < 1.29 is 142 Å². The van der Waals surface area contributed by atoms with E-state index in [0.717, 1.165) is 34.4 Å². The van der Waals surface area contributed by atoms with Crippen LogP contribution in [0.1, 0.15) is 124 Å². The van der Waals surface area contributed by atoms with Crippen LogP contribution in [0.25, 0.3) is 0 Å². The molecule has 7 fully saturated rings. The number of nitrogens with one attached hydrogen (secondary N) is 5. The zero-order valence-electron chi connectivity index (χ0n) is 68.3. The topological polar surface area (TPSA) is 896 Å². The summed E-state index contributed by atoms with van der Waals surface area (Å²) in [7, 11) is -26.8. The largest absolute Gasteiger partial charge is 0.480 e. The van der Waals surface area contributed by atoms with Gasteiger partial charge in [0.25, 0.3) is 51.0 Å². The van der Waals surface area contributed by atoms with E-state index in [1.165, 1.54) is 0 Å². The molecule has 696 valence electrons. The Kier molecular flexibility index (Phi) is 42.1. The van der Waals surface area contributed by atoms with Crippen molar-refractivity contribution in [2.75, 3.05) is 105 Å². The summed E-state index contributed by atoms with van der Waals surface area (Å²) >= 11 is 0. The molecule has 0 amide bonds. The summed E-state index contributed by atoms with van der Waals surface area (Å²) in [6, 6.07) is -0.243. The average Bonchev–Trinajstić information content (AvgIpc) is 1.65. The lowest BCUT2D eigenvalue weighted by atomic mass is 9.78. The molecule has 40 N–H and O–H groups in total. The van der Waals surface area contributed by atoms with E-state index in [2.05, 4.69) is 23.6 Å². The number of carboxylic acids is 5. The van der Waals surface area contributed by atoms with Gasteiger partial charge in [-0.1, -0.05) is 32.1 Å². The third kappa shape index (κ3) is 32.8. The number of carboxylic acid groups (broad SMARTS) is 5. The van der Waals surface area contributed by atoms with Gasteiger partial charge in [0.15, 0.2) is 0 Å². The highest BCUT2D eigenvalue weighted by Gasteiger charge is 2.58. The second-order valence-electron chi connectivity index (χ2n) is 33.9. The molecule has 0 aromatic heterocycles. The first kappa shape index (κ1) is 110. The Morgan fingerprint density at radius 2 is 0.683 bits per heavy atom. The molecular formula is C60H131B5N20O30S5. The third-order valence-electron chi connectivity index (χ3n) is 22.5. The summed E-state index contributed by atoms with van der Waals surface area (Å²) in [5.41, 5.74) is 47.3. The molecule has 0 unspecified atom stereocenters. The van der Waals surface area contributed by atoms with Crippen molar-refractivity contribution in [3.8, 4) is 0 Å². The molecule has 7 aliphatic rings. The van der Waals surface area contributed by atoms with Crippen molar-refractivity contribution in [1.82, 2.24) is 45.1 Å². The Morgan fingerprint density at radius 1 is 0.417 bits per heavy atom.